The fourth-order valence-corrected chi connectivity index (χ4v) is 2.29. The first kappa shape index (κ1) is 16.2. The molecular weight excluding hydrogens is 295 g/mol. The van der Waals surface area contributed by atoms with Crippen LogP contribution in [0.5, 0.6) is 0 Å². The summed E-state index contributed by atoms with van der Waals surface area (Å²) in [6.45, 7) is 5.43. The van der Waals surface area contributed by atoms with Crippen LogP contribution in [-0.4, -0.2) is 50.6 Å². The highest BCUT2D eigenvalue weighted by atomic mass is 19.1. The van der Waals surface area contributed by atoms with E-state index in [1.54, 1.807) is 20.8 Å². The summed E-state index contributed by atoms with van der Waals surface area (Å²) in [6.07, 6.45) is 0.702. The van der Waals surface area contributed by atoms with Gasteiger partial charge in [-0.1, -0.05) is 0 Å². The van der Waals surface area contributed by atoms with Gasteiger partial charge in [-0.15, -0.1) is 0 Å². The second-order valence-electron chi connectivity index (χ2n) is 6.23. The molecule has 0 saturated carbocycles. The van der Waals surface area contributed by atoms with Crippen molar-refractivity contribution in [3.8, 4) is 0 Å². The molecule has 1 fully saturated rings. The number of hydrogen-bond donors (Lipinski definition) is 0. The fourth-order valence-electron chi connectivity index (χ4n) is 2.29. The van der Waals surface area contributed by atoms with E-state index in [2.05, 4.69) is 5.10 Å². The maximum absolute atomic E-state index is 14.3. The van der Waals surface area contributed by atoms with Gasteiger partial charge in [0.05, 0.1) is 17.5 Å². The molecule has 8 nitrogen and oxygen atoms in total. The second-order valence-corrected chi connectivity index (χ2v) is 6.23. The second kappa shape index (κ2) is 5.90. The smallest absolute Gasteiger partial charge is 0.410 e. The average molecular weight is 314 g/mol. The van der Waals surface area contributed by atoms with Crippen molar-refractivity contribution in [2.45, 2.75) is 45.0 Å². The number of rotatable bonds is 2. The molecule has 1 unspecified atom stereocenters. The van der Waals surface area contributed by atoms with Gasteiger partial charge >= 0.3 is 11.8 Å². The van der Waals surface area contributed by atoms with Crippen molar-refractivity contribution >= 4 is 11.8 Å². The van der Waals surface area contributed by atoms with E-state index < -0.39 is 28.8 Å². The minimum Gasteiger partial charge on any atom is -0.444 e. The Hall–Kier alpha value is -2.19. The zero-order valence-electron chi connectivity index (χ0n) is 12.7. The lowest BCUT2D eigenvalue weighted by Gasteiger charge is -2.35. The average Bonchev–Trinajstić information content (AvgIpc) is 2.86. The van der Waals surface area contributed by atoms with Gasteiger partial charge in [-0.25, -0.2) is 9.18 Å². The van der Waals surface area contributed by atoms with Crippen LogP contribution in [0.2, 0.25) is 0 Å². The molecule has 1 aromatic heterocycles. The zero-order chi connectivity index (χ0) is 16.5. The number of amides is 1. The first-order chi connectivity index (χ1) is 10.2. The Bertz CT molecular complexity index is 569. The van der Waals surface area contributed by atoms with Gasteiger partial charge in [0.25, 0.3) is 0 Å². The van der Waals surface area contributed by atoms with Gasteiger partial charge < -0.3 is 9.64 Å². The van der Waals surface area contributed by atoms with Gasteiger partial charge in [-0.3, -0.25) is 14.8 Å². The Kier molecular flexibility index (Phi) is 4.34. The van der Waals surface area contributed by atoms with Crippen molar-refractivity contribution in [3.63, 3.8) is 0 Å². The van der Waals surface area contributed by atoms with Crippen LogP contribution in [0.3, 0.4) is 0 Å². The Morgan fingerprint density at radius 2 is 2.23 bits per heavy atom. The Labute approximate surface area is 127 Å². The van der Waals surface area contributed by atoms with Gasteiger partial charge in [0, 0.05) is 6.54 Å². The van der Waals surface area contributed by atoms with E-state index in [1.807, 2.05) is 0 Å². The number of hydrogen-bond acceptors (Lipinski definition) is 5. The number of nitro groups is 1. The summed E-state index contributed by atoms with van der Waals surface area (Å²) < 4.78 is 20.8. The summed E-state index contributed by atoms with van der Waals surface area (Å²) in [4.78, 5) is 23.3. The fraction of sp³-hybridized carbons (Fsp3) is 0.692. The lowest BCUT2D eigenvalue weighted by molar-refractivity contribution is -0.385. The molecule has 2 rings (SSSR count). The topological polar surface area (TPSA) is 90.5 Å². The van der Waals surface area contributed by atoms with E-state index >= 15 is 0 Å². The first-order valence-corrected chi connectivity index (χ1v) is 6.98. The molecule has 1 aromatic rings. The Morgan fingerprint density at radius 1 is 1.55 bits per heavy atom. The van der Waals surface area contributed by atoms with Crippen LogP contribution >= 0.6 is 0 Å². The summed E-state index contributed by atoms with van der Waals surface area (Å²) in [5, 5.41) is 14.5. The Balaban J connectivity index is 2.00. The molecule has 0 radical (unpaired) electrons. The van der Waals surface area contributed by atoms with Crippen molar-refractivity contribution in [2.75, 3.05) is 13.1 Å². The van der Waals surface area contributed by atoms with Gasteiger partial charge in [0.1, 0.15) is 24.2 Å². The molecule has 1 saturated heterocycles. The SMILES string of the molecule is CC(C)(C)OC(=O)N1CCC(n2cc([N+](=O)[O-])cn2)[C@@H](F)C1. The quantitative estimate of drug-likeness (QED) is 0.617. The maximum atomic E-state index is 14.3. The van der Waals surface area contributed by atoms with Crippen LogP contribution < -0.4 is 0 Å². The molecule has 9 heteroatoms. The van der Waals surface area contributed by atoms with Crippen LogP contribution in [0, 0.1) is 10.1 Å². The molecule has 2 atom stereocenters. The lowest BCUT2D eigenvalue weighted by atomic mass is 10.0. The minimum atomic E-state index is -1.36. The Morgan fingerprint density at radius 3 is 2.73 bits per heavy atom. The molecule has 0 aliphatic carbocycles. The molecular formula is C13H19FN4O4. The molecule has 1 aliphatic heterocycles. The molecule has 0 N–H and O–H groups in total. The van der Waals surface area contributed by atoms with E-state index in [9.17, 15) is 19.3 Å². The third-order valence-electron chi connectivity index (χ3n) is 3.30. The molecule has 1 amide bonds. The van der Waals surface area contributed by atoms with Gasteiger partial charge in [0.15, 0.2) is 0 Å². The predicted molar refractivity (Wildman–Crippen MR) is 75.2 cm³/mol. The van der Waals surface area contributed by atoms with Gasteiger partial charge in [-0.2, -0.15) is 5.10 Å². The molecule has 2 heterocycles. The molecule has 122 valence electrons. The highest BCUT2D eigenvalue weighted by Gasteiger charge is 2.35. The molecule has 0 spiro atoms. The number of nitrogens with zero attached hydrogens (tertiary/aromatic N) is 4. The van der Waals surface area contributed by atoms with Crippen molar-refractivity contribution in [3.05, 3.63) is 22.5 Å². The summed E-state index contributed by atoms with van der Waals surface area (Å²) in [6, 6.07) is -0.618. The molecule has 22 heavy (non-hydrogen) atoms. The van der Waals surface area contributed by atoms with E-state index in [0.717, 1.165) is 6.20 Å². The third-order valence-corrected chi connectivity index (χ3v) is 3.30. The van der Waals surface area contributed by atoms with E-state index in [0.29, 0.717) is 13.0 Å². The largest absolute Gasteiger partial charge is 0.444 e. The van der Waals surface area contributed by atoms with Crippen LogP contribution in [0.1, 0.15) is 33.2 Å². The summed E-state index contributed by atoms with van der Waals surface area (Å²) in [5.74, 6) is 0. The van der Waals surface area contributed by atoms with E-state index in [-0.39, 0.29) is 12.2 Å². The zero-order valence-corrected chi connectivity index (χ0v) is 12.7. The lowest BCUT2D eigenvalue weighted by Crippen LogP contribution is -2.47. The van der Waals surface area contributed by atoms with Gasteiger partial charge in [0.2, 0.25) is 0 Å². The summed E-state index contributed by atoms with van der Waals surface area (Å²) >= 11 is 0. The summed E-state index contributed by atoms with van der Waals surface area (Å²) in [7, 11) is 0. The number of piperidine rings is 1. The van der Waals surface area contributed by atoms with Crippen molar-refractivity contribution in [1.29, 1.82) is 0 Å². The monoisotopic (exact) mass is 314 g/mol. The van der Waals surface area contributed by atoms with E-state index in [4.69, 9.17) is 4.74 Å². The number of alkyl halides is 1. The predicted octanol–water partition coefficient (Wildman–Crippen LogP) is 2.31. The van der Waals surface area contributed by atoms with Gasteiger partial charge in [-0.05, 0) is 27.2 Å². The van der Waals surface area contributed by atoms with Crippen molar-refractivity contribution in [1.82, 2.24) is 14.7 Å². The number of aromatic nitrogens is 2. The number of halogens is 1. The van der Waals surface area contributed by atoms with Crippen LogP contribution in [0.25, 0.3) is 0 Å². The number of carbonyl (C=O) groups is 1. The molecule has 1 aliphatic rings. The van der Waals surface area contributed by atoms with Crippen molar-refractivity contribution in [2.24, 2.45) is 0 Å². The number of ether oxygens (including phenoxy) is 1. The van der Waals surface area contributed by atoms with Crippen LogP contribution in [-0.2, 0) is 4.74 Å². The normalized spacial score (nSPS) is 22.5. The standard InChI is InChI=1S/C13H19FN4O4/c1-13(2,3)22-12(19)16-5-4-11(10(14)8-16)17-7-9(6-15-17)18(20)21/h6-7,10-11H,4-5,8H2,1-3H3/t10-,11?/m0/s1. The summed E-state index contributed by atoms with van der Waals surface area (Å²) in [5.41, 5.74) is -0.815. The van der Waals surface area contributed by atoms with Crippen molar-refractivity contribution < 1.29 is 18.8 Å². The highest BCUT2D eigenvalue weighted by molar-refractivity contribution is 5.68. The highest BCUT2D eigenvalue weighted by Crippen LogP contribution is 2.27. The third kappa shape index (κ3) is 3.71. The van der Waals surface area contributed by atoms with E-state index in [1.165, 1.54) is 15.8 Å². The number of carbonyl (C=O) groups excluding carboxylic acids is 1. The van der Waals surface area contributed by atoms with Crippen LogP contribution in [0.15, 0.2) is 12.4 Å². The molecule has 0 aromatic carbocycles. The molecule has 0 bridgehead atoms. The minimum absolute atomic E-state index is 0.118. The number of likely N-dealkylation sites (tertiary alicyclic amines) is 1. The first-order valence-electron chi connectivity index (χ1n) is 6.98. The maximum Gasteiger partial charge on any atom is 0.410 e. The van der Waals surface area contributed by atoms with Crippen LogP contribution in [0.4, 0.5) is 14.9 Å².